The molecule has 0 aliphatic carbocycles. The van der Waals surface area contributed by atoms with Crippen LogP contribution in [0.4, 0.5) is 0 Å². The molecule has 4 rings (SSSR count). The van der Waals surface area contributed by atoms with Crippen molar-refractivity contribution in [3.8, 4) is 22.6 Å². The number of hydrogen-bond donors (Lipinski definition) is 1. The van der Waals surface area contributed by atoms with Crippen molar-refractivity contribution in [2.45, 2.75) is 18.4 Å². The lowest BCUT2D eigenvalue weighted by Gasteiger charge is -2.10. The van der Waals surface area contributed by atoms with Gasteiger partial charge in [0.05, 0.1) is 4.90 Å². The molecule has 0 aliphatic heterocycles. The van der Waals surface area contributed by atoms with Crippen LogP contribution in [0.2, 0.25) is 0 Å². The fourth-order valence-electron chi connectivity index (χ4n) is 2.92. The number of rotatable bonds is 7. The lowest BCUT2D eigenvalue weighted by molar-refractivity contribution is 0.478. The molecule has 0 spiro atoms. The Bertz CT molecular complexity index is 1240. The molecule has 0 saturated carbocycles. The van der Waals surface area contributed by atoms with E-state index in [0.29, 0.717) is 5.75 Å². The van der Waals surface area contributed by atoms with E-state index >= 15 is 0 Å². The van der Waals surface area contributed by atoms with E-state index in [9.17, 15) is 8.42 Å². The van der Waals surface area contributed by atoms with Crippen LogP contribution in [-0.4, -0.2) is 13.4 Å². The predicted molar refractivity (Wildman–Crippen MR) is 119 cm³/mol. The van der Waals surface area contributed by atoms with Crippen LogP contribution in [0.5, 0.6) is 11.5 Å². The number of ether oxygens (including phenoxy) is 1. The maximum atomic E-state index is 12.7. The summed E-state index contributed by atoms with van der Waals surface area (Å²) in [6.07, 6.45) is 3.44. The normalized spacial score (nSPS) is 11.4. The number of hydrogen-bond acceptors (Lipinski definition) is 5. The van der Waals surface area contributed by atoms with Crippen LogP contribution in [0.25, 0.3) is 11.1 Å². The molecule has 7 heteroatoms. The number of pyridine rings is 1. The number of nitrogens with zero attached hydrogens (tertiary/aromatic N) is 1. The van der Waals surface area contributed by atoms with E-state index < -0.39 is 10.0 Å². The first-order valence-corrected chi connectivity index (χ1v) is 11.7. The largest absolute Gasteiger partial charge is 0.457 e. The lowest BCUT2D eigenvalue weighted by Crippen LogP contribution is -2.23. The van der Waals surface area contributed by atoms with E-state index in [1.807, 2.05) is 54.1 Å². The maximum Gasteiger partial charge on any atom is 0.240 e. The van der Waals surface area contributed by atoms with Gasteiger partial charge in [-0.05, 0) is 76.8 Å². The molecule has 0 radical (unpaired) electrons. The molecule has 2 aromatic carbocycles. The Hall–Kier alpha value is -3.00. The van der Waals surface area contributed by atoms with Gasteiger partial charge in [-0.15, -0.1) is 0 Å². The van der Waals surface area contributed by atoms with Gasteiger partial charge in [0.15, 0.2) is 0 Å². The summed E-state index contributed by atoms with van der Waals surface area (Å²) < 4.78 is 33.8. The second-order valence-electron chi connectivity index (χ2n) is 6.76. The van der Waals surface area contributed by atoms with Gasteiger partial charge >= 0.3 is 0 Å². The fraction of sp³-hybridized carbons (Fsp3) is 0.0870. The number of aryl methyl sites for hydroxylation is 1. The average Bonchev–Trinajstić information content (AvgIpc) is 3.30. The molecule has 0 unspecified atom stereocenters. The molecule has 4 aromatic rings. The van der Waals surface area contributed by atoms with Gasteiger partial charge in [-0.1, -0.05) is 18.2 Å². The van der Waals surface area contributed by atoms with E-state index in [1.165, 1.54) is 12.1 Å². The number of para-hydroxylation sites is 1. The van der Waals surface area contributed by atoms with Gasteiger partial charge in [-0.25, -0.2) is 13.1 Å². The minimum atomic E-state index is -3.65. The van der Waals surface area contributed by atoms with Crippen LogP contribution in [0.3, 0.4) is 0 Å². The zero-order valence-electron chi connectivity index (χ0n) is 16.3. The molecule has 0 saturated heterocycles. The SMILES string of the molecule is Cc1ccccc1Oc1ccc(S(=O)(=O)NCc2cncc(-c3ccsc3)c2)cc1. The molecule has 2 aromatic heterocycles. The summed E-state index contributed by atoms with van der Waals surface area (Å²) in [5.41, 5.74) is 3.84. The average molecular weight is 437 g/mol. The monoisotopic (exact) mass is 436 g/mol. The third kappa shape index (κ3) is 4.76. The standard InChI is InChI=1S/C23H20N2O3S2/c1-17-4-2-3-5-23(17)28-21-6-8-22(9-7-21)30(26,27)25-14-18-12-20(15-24-13-18)19-10-11-29-16-19/h2-13,15-16,25H,14H2,1H3. The summed E-state index contributed by atoms with van der Waals surface area (Å²) in [6, 6.07) is 18.0. The van der Waals surface area contributed by atoms with Gasteiger partial charge in [0.1, 0.15) is 11.5 Å². The minimum absolute atomic E-state index is 0.161. The highest BCUT2D eigenvalue weighted by Crippen LogP contribution is 2.26. The number of thiophene rings is 1. The van der Waals surface area contributed by atoms with Crippen LogP contribution < -0.4 is 9.46 Å². The Labute approximate surface area is 180 Å². The Morgan fingerprint density at radius 2 is 1.80 bits per heavy atom. The Morgan fingerprint density at radius 3 is 2.53 bits per heavy atom. The molecule has 152 valence electrons. The first kappa shape index (κ1) is 20.3. The van der Waals surface area contributed by atoms with Crippen molar-refractivity contribution in [1.82, 2.24) is 9.71 Å². The van der Waals surface area contributed by atoms with Gasteiger partial charge in [0, 0.05) is 24.5 Å². The highest BCUT2D eigenvalue weighted by atomic mass is 32.2. The lowest BCUT2D eigenvalue weighted by atomic mass is 10.1. The van der Waals surface area contributed by atoms with Crippen LogP contribution in [0, 0.1) is 6.92 Å². The Balaban J connectivity index is 1.44. The number of aromatic nitrogens is 1. The molecule has 1 N–H and O–H groups in total. The summed E-state index contributed by atoms with van der Waals surface area (Å²) in [6.45, 7) is 2.12. The van der Waals surface area contributed by atoms with Crippen molar-refractivity contribution < 1.29 is 13.2 Å². The van der Waals surface area contributed by atoms with Gasteiger partial charge in [-0.2, -0.15) is 11.3 Å². The molecular formula is C23H20N2O3S2. The summed E-state index contributed by atoms with van der Waals surface area (Å²) >= 11 is 1.61. The van der Waals surface area contributed by atoms with Crippen molar-refractivity contribution in [3.63, 3.8) is 0 Å². The van der Waals surface area contributed by atoms with Crippen molar-refractivity contribution in [3.05, 3.63) is 94.9 Å². The van der Waals surface area contributed by atoms with E-state index in [0.717, 1.165) is 28.0 Å². The molecule has 0 amide bonds. The fourth-order valence-corrected chi connectivity index (χ4v) is 4.60. The minimum Gasteiger partial charge on any atom is -0.457 e. The van der Waals surface area contributed by atoms with Gasteiger partial charge < -0.3 is 4.74 Å². The first-order chi connectivity index (χ1) is 14.5. The van der Waals surface area contributed by atoms with Gasteiger partial charge in [0.2, 0.25) is 10.0 Å². The summed E-state index contributed by atoms with van der Waals surface area (Å²) in [7, 11) is -3.65. The summed E-state index contributed by atoms with van der Waals surface area (Å²) in [5, 5.41) is 4.03. The van der Waals surface area contributed by atoms with Gasteiger partial charge in [-0.3, -0.25) is 4.98 Å². The summed E-state index contributed by atoms with van der Waals surface area (Å²) in [4.78, 5) is 4.41. The molecule has 0 atom stereocenters. The maximum absolute atomic E-state index is 12.7. The third-order valence-electron chi connectivity index (χ3n) is 4.57. The highest BCUT2D eigenvalue weighted by Gasteiger charge is 2.14. The van der Waals surface area contributed by atoms with Crippen LogP contribution >= 0.6 is 11.3 Å². The third-order valence-corrected chi connectivity index (χ3v) is 6.67. The molecule has 2 heterocycles. The van der Waals surface area contributed by atoms with Crippen molar-refractivity contribution in [2.75, 3.05) is 0 Å². The smallest absolute Gasteiger partial charge is 0.240 e. The van der Waals surface area contributed by atoms with Crippen molar-refractivity contribution in [1.29, 1.82) is 0 Å². The Morgan fingerprint density at radius 1 is 1.00 bits per heavy atom. The topological polar surface area (TPSA) is 68.3 Å². The van der Waals surface area contributed by atoms with Crippen LogP contribution in [-0.2, 0) is 16.6 Å². The van der Waals surface area contributed by atoms with Gasteiger partial charge in [0.25, 0.3) is 0 Å². The first-order valence-electron chi connectivity index (χ1n) is 9.31. The summed E-state index contributed by atoms with van der Waals surface area (Å²) in [5.74, 6) is 1.32. The molecule has 5 nitrogen and oxygen atoms in total. The number of benzene rings is 2. The molecule has 0 bridgehead atoms. The van der Waals surface area contributed by atoms with Crippen LogP contribution in [0.15, 0.2) is 88.7 Å². The number of sulfonamides is 1. The highest BCUT2D eigenvalue weighted by molar-refractivity contribution is 7.89. The quantitative estimate of drug-likeness (QED) is 0.422. The molecular weight excluding hydrogens is 416 g/mol. The van der Waals surface area contributed by atoms with E-state index in [4.69, 9.17) is 4.74 Å². The molecule has 30 heavy (non-hydrogen) atoms. The molecule has 0 aliphatic rings. The van der Waals surface area contributed by atoms with Crippen molar-refractivity contribution in [2.24, 2.45) is 0 Å². The second kappa shape index (κ2) is 8.79. The predicted octanol–water partition coefficient (Wildman–Crippen LogP) is 5.39. The van der Waals surface area contributed by atoms with E-state index in [2.05, 4.69) is 9.71 Å². The van der Waals surface area contributed by atoms with Crippen molar-refractivity contribution >= 4 is 21.4 Å². The van der Waals surface area contributed by atoms with Crippen LogP contribution in [0.1, 0.15) is 11.1 Å². The zero-order valence-corrected chi connectivity index (χ0v) is 17.9. The Kier molecular flexibility index (Phi) is 5.94. The second-order valence-corrected chi connectivity index (χ2v) is 9.30. The van der Waals surface area contributed by atoms with E-state index in [1.54, 1.807) is 35.9 Å². The van der Waals surface area contributed by atoms with E-state index in [-0.39, 0.29) is 11.4 Å². The number of nitrogens with one attached hydrogen (secondary N) is 1. The molecule has 0 fully saturated rings. The zero-order chi connectivity index (χ0) is 21.0.